The van der Waals surface area contributed by atoms with Crippen LogP contribution in [0.25, 0.3) is 0 Å². The zero-order valence-electron chi connectivity index (χ0n) is 5.63. The second kappa shape index (κ2) is 2.31. The molecule has 1 fully saturated rings. The number of halogens is 1. The Morgan fingerprint density at radius 1 is 1.80 bits per heavy atom. The zero-order valence-corrected chi connectivity index (χ0v) is 6.39. The van der Waals surface area contributed by atoms with Gasteiger partial charge in [0.1, 0.15) is 5.60 Å². The van der Waals surface area contributed by atoms with Crippen LogP contribution in [0.3, 0.4) is 0 Å². The van der Waals surface area contributed by atoms with Gasteiger partial charge in [0.25, 0.3) is 0 Å². The minimum absolute atomic E-state index is 0.219. The van der Waals surface area contributed by atoms with Crippen LogP contribution < -0.4 is 0 Å². The Kier molecular flexibility index (Phi) is 1.77. The molecule has 3 nitrogen and oxygen atoms in total. The van der Waals surface area contributed by atoms with Crippen LogP contribution in [0.5, 0.6) is 0 Å². The van der Waals surface area contributed by atoms with Crippen LogP contribution in [0.2, 0.25) is 0 Å². The average molecular weight is 165 g/mol. The molecule has 1 N–H and O–H groups in total. The van der Waals surface area contributed by atoms with Crippen LogP contribution in [0.15, 0.2) is 0 Å². The Morgan fingerprint density at radius 2 is 2.30 bits per heavy atom. The van der Waals surface area contributed by atoms with Crippen molar-refractivity contribution >= 4 is 17.8 Å². The van der Waals surface area contributed by atoms with Crippen LogP contribution in [0.4, 0.5) is 4.79 Å². The summed E-state index contributed by atoms with van der Waals surface area (Å²) in [6, 6.07) is 0. The second-order valence-corrected chi connectivity index (χ2v) is 3.20. The summed E-state index contributed by atoms with van der Waals surface area (Å²) in [7, 11) is 0. The first-order valence-electron chi connectivity index (χ1n) is 3.13. The van der Waals surface area contributed by atoms with Crippen molar-refractivity contribution in [3.8, 4) is 0 Å². The van der Waals surface area contributed by atoms with Crippen molar-refractivity contribution in [2.45, 2.75) is 30.7 Å². The first-order chi connectivity index (χ1) is 4.57. The van der Waals surface area contributed by atoms with E-state index in [0.717, 1.165) is 12.8 Å². The van der Waals surface area contributed by atoms with Gasteiger partial charge in [0.05, 0.1) is 5.38 Å². The van der Waals surface area contributed by atoms with Gasteiger partial charge in [0, 0.05) is 0 Å². The quantitative estimate of drug-likeness (QED) is 0.501. The molecule has 10 heavy (non-hydrogen) atoms. The molecule has 0 radical (unpaired) electrons. The molecule has 1 aliphatic carbocycles. The maximum atomic E-state index is 10.1. The third-order valence-electron chi connectivity index (χ3n) is 1.76. The molecule has 0 heterocycles. The molecule has 1 unspecified atom stereocenters. The van der Waals surface area contributed by atoms with E-state index in [1.54, 1.807) is 6.92 Å². The maximum Gasteiger partial charge on any atom is 0.506 e. The minimum Gasteiger partial charge on any atom is -0.450 e. The van der Waals surface area contributed by atoms with Crippen LogP contribution in [-0.2, 0) is 4.74 Å². The second-order valence-electron chi connectivity index (χ2n) is 2.55. The molecular weight excluding hydrogens is 156 g/mol. The van der Waals surface area contributed by atoms with E-state index >= 15 is 0 Å². The van der Waals surface area contributed by atoms with Gasteiger partial charge in [-0.25, -0.2) is 4.79 Å². The first kappa shape index (κ1) is 7.66. The highest BCUT2D eigenvalue weighted by molar-refractivity contribution is 6.21. The smallest absolute Gasteiger partial charge is 0.450 e. The van der Waals surface area contributed by atoms with Gasteiger partial charge in [-0.15, -0.1) is 11.6 Å². The molecule has 0 aromatic heterocycles. The summed E-state index contributed by atoms with van der Waals surface area (Å²) in [6.45, 7) is 1.75. The summed E-state index contributed by atoms with van der Waals surface area (Å²) in [5.74, 6) is 0. The van der Waals surface area contributed by atoms with Crippen molar-refractivity contribution in [3.05, 3.63) is 0 Å². The van der Waals surface area contributed by atoms with Crippen molar-refractivity contribution in [2.75, 3.05) is 0 Å². The fourth-order valence-corrected chi connectivity index (χ4v) is 1.14. The Labute approximate surface area is 63.9 Å². The molecule has 1 rings (SSSR count). The normalized spacial score (nSPS) is 23.4. The van der Waals surface area contributed by atoms with Crippen molar-refractivity contribution in [2.24, 2.45) is 0 Å². The SMILES string of the molecule is CC(Cl)C1(OC(=O)O)CC1. The summed E-state index contributed by atoms with van der Waals surface area (Å²) < 4.78 is 4.59. The molecule has 0 aromatic rings. The molecule has 0 spiro atoms. The van der Waals surface area contributed by atoms with Crippen molar-refractivity contribution in [1.82, 2.24) is 0 Å². The van der Waals surface area contributed by atoms with Gasteiger partial charge in [-0.1, -0.05) is 0 Å². The lowest BCUT2D eigenvalue weighted by atomic mass is 10.2. The van der Waals surface area contributed by atoms with Gasteiger partial charge in [0.2, 0.25) is 0 Å². The highest BCUT2D eigenvalue weighted by Crippen LogP contribution is 2.44. The van der Waals surface area contributed by atoms with Crippen LogP contribution in [0, 0.1) is 0 Å². The Balaban J connectivity index is 2.45. The predicted molar refractivity (Wildman–Crippen MR) is 36.4 cm³/mol. The molecule has 58 valence electrons. The van der Waals surface area contributed by atoms with E-state index in [4.69, 9.17) is 16.7 Å². The van der Waals surface area contributed by atoms with Crippen LogP contribution in [-0.4, -0.2) is 22.2 Å². The fraction of sp³-hybridized carbons (Fsp3) is 0.833. The Bertz CT molecular complexity index is 151. The van der Waals surface area contributed by atoms with Gasteiger partial charge in [-0.3, -0.25) is 0 Å². The van der Waals surface area contributed by atoms with Gasteiger partial charge >= 0.3 is 6.16 Å². The Morgan fingerprint density at radius 3 is 2.40 bits per heavy atom. The van der Waals surface area contributed by atoms with Crippen molar-refractivity contribution in [1.29, 1.82) is 0 Å². The minimum atomic E-state index is -1.23. The van der Waals surface area contributed by atoms with E-state index in [1.165, 1.54) is 0 Å². The lowest BCUT2D eigenvalue weighted by molar-refractivity contribution is 0.0391. The van der Waals surface area contributed by atoms with Gasteiger partial charge in [-0.05, 0) is 19.8 Å². The Hall–Kier alpha value is -0.440. The number of hydrogen-bond donors (Lipinski definition) is 1. The third kappa shape index (κ3) is 1.34. The molecular formula is C6H9ClO3. The predicted octanol–water partition coefficient (Wildman–Crippen LogP) is 1.84. The number of hydrogen-bond acceptors (Lipinski definition) is 2. The monoisotopic (exact) mass is 164 g/mol. The van der Waals surface area contributed by atoms with Crippen molar-refractivity contribution in [3.63, 3.8) is 0 Å². The molecule has 0 bridgehead atoms. The number of carboxylic acid groups (broad SMARTS) is 1. The average Bonchev–Trinajstić information content (AvgIpc) is 2.46. The van der Waals surface area contributed by atoms with E-state index in [1.807, 2.05) is 0 Å². The standard InChI is InChI=1S/C6H9ClO3/c1-4(7)6(2-3-6)10-5(8)9/h4H,2-3H2,1H3,(H,8,9). The molecule has 1 aliphatic rings. The lowest BCUT2D eigenvalue weighted by Gasteiger charge is -2.15. The molecule has 4 heteroatoms. The van der Waals surface area contributed by atoms with Gasteiger partial charge < -0.3 is 9.84 Å². The number of ether oxygens (including phenoxy) is 1. The third-order valence-corrected chi connectivity index (χ3v) is 2.16. The molecule has 1 atom stereocenters. The summed E-state index contributed by atoms with van der Waals surface area (Å²) in [5, 5.41) is 8.04. The van der Waals surface area contributed by atoms with Gasteiger partial charge in [0.15, 0.2) is 0 Å². The van der Waals surface area contributed by atoms with Crippen molar-refractivity contribution < 1.29 is 14.6 Å². The largest absolute Gasteiger partial charge is 0.506 e. The number of carbonyl (C=O) groups is 1. The van der Waals surface area contributed by atoms with E-state index in [-0.39, 0.29) is 5.38 Å². The zero-order chi connectivity index (χ0) is 7.78. The molecule has 1 saturated carbocycles. The maximum absolute atomic E-state index is 10.1. The van der Waals surface area contributed by atoms with E-state index in [0.29, 0.717) is 0 Å². The van der Waals surface area contributed by atoms with Crippen LogP contribution in [0.1, 0.15) is 19.8 Å². The van der Waals surface area contributed by atoms with Gasteiger partial charge in [-0.2, -0.15) is 0 Å². The first-order valence-corrected chi connectivity index (χ1v) is 3.56. The van der Waals surface area contributed by atoms with Crippen LogP contribution >= 0.6 is 11.6 Å². The van der Waals surface area contributed by atoms with E-state index in [9.17, 15) is 4.79 Å². The lowest BCUT2D eigenvalue weighted by Crippen LogP contribution is -2.26. The highest BCUT2D eigenvalue weighted by atomic mass is 35.5. The molecule has 0 aliphatic heterocycles. The van der Waals surface area contributed by atoms with E-state index in [2.05, 4.69) is 4.74 Å². The number of alkyl halides is 1. The highest BCUT2D eigenvalue weighted by Gasteiger charge is 2.51. The molecule has 0 amide bonds. The fourth-order valence-electron chi connectivity index (χ4n) is 0.878. The topological polar surface area (TPSA) is 46.5 Å². The molecule has 0 aromatic carbocycles. The van der Waals surface area contributed by atoms with E-state index < -0.39 is 11.8 Å². The summed E-state index contributed by atoms with van der Waals surface area (Å²) >= 11 is 5.69. The molecule has 0 saturated heterocycles. The summed E-state index contributed by atoms with van der Waals surface area (Å²) in [5.41, 5.74) is -0.562. The summed E-state index contributed by atoms with van der Waals surface area (Å²) in [4.78, 5) is 10.1. The number of rotatable bonds is 2. The summed E-state index contributed by atoms with van der Waals surface area (Å²) in [6.07, 6.45) is 0.276.